The Morgan fingerprint density at radius 3 is 2.63 bits per heavy atom. The number of aromatic nitrogens is 2. The quantitative estimate of drug-likeness (QED) is 0.769. The summed E-state index contributed by atoms with van der Waals surface area (Å²) in [5, 5.41) is 0. The molecule has 0 fully saturated rings. The van der Waals surface area contributed by atoms with Crippen LogP contribution in [0.3, 0.4) is 0 Å². The Bertz CT molecular complexity index is 750. The summed E-state index contributed by atoms with van der Waals surface area (Å²) in [5.74, 6) is -0.385. The molecule has 1 aromatic heterocycles. The monoisotopic (exact) mass is 259 g/mol. The van der Waals surface area contributed by atoms with Gasteiger partial charge >= 0.3 is 0 Å². The van der Waals surface area contributed by atoms with E-state index in [4.69, 9.17) is 5.73 Å². The van der Waals surface area contributed by atoms with Crippen molar-refractivity contribution in [3.8, 4) is 0 Å². The number of nitrogens with zero attached hydrogens (tertiary/aromatic N) is 2. The summed E-state index contributed by atoms with van der Waals surface area (Å²) < 4.78 is 28.1. The van der Waals surface area contributed by atoms with Gasteiger partial charge in [0.05, 0.1) is 17.6 Å². The van der Waals surface area contributed by atoms with E-state index in [2.05, 4.69) is 4.98 Å². The van der Waals surface area contributed by atoms with Crippen molar-refractivity contribution in [2.24, 2.45) is 0 Å². The number of imidazole rings is 1. The van der Waals surface area contributed by atoms with E-state index < -0.39 is 0 Å². The lowest BCUT2D eigenvalue weighted by Gasteiger charge is -2.06. The predicted octanol–water partition coefficient (Wildman–Crippen LogP) is 2.95. The number of rotatable bonds is 2. The zero-order valence-corrected chi connectivity index (χ0v) is 9.98. The summed E-state index contributed by atoms with van der Waals surface area (Å²) in [7, 11) is 0. The van der Waals surface area contributed by atoms with Gasteiger partial charge in [-0.3, -0.25) is 0 Å². The molecule has 0 bridgehead atoms. The number of nitrogens with two attached hydrogens (primary N) is 1. The van der Waals surface area contributed by atoms with Gasteiger partial charge < -0.3 is 10.3 Å². The standard InChI is InChI=1S/C14H11F2N3/c15-10-3-1-2-9(6-10)8-19-13-7-11(16)4-5-12(13)18-14(19)17/h1-7H,8H2,(H2,17,18). The fourth-order valence-electron chi connectivity index (χ4n) is 2.10. The molecule has 0 aliphatic heterocycles. The zero-order chi connectivity index (χ0) is 13.4. The molecule has 2 aromatic carbocycles. The summed E-state index contributed by atoms with van der Waals surface area (Å²) in [6, 6.07) is 10.5. The first-order valence-corrected chi connectivity index (χ1v) is 5.79. The molecule has 0 spiro atoms. The van der Waals surface area contributed by atoms with Gasteiger partial charge in [-0.15, -0.1) is 0 Å². The van der Waals surface area contributed by atoms with Gasteiger partial charge in [0.25, 0.3) is 0 Å². The van der Waals surface area contributed by atoms with Crippen molar-refractivity contribution in [3.05, 3.63) is 59.7 Å². The third-order valence-electron chi connectivity index (χ3n) is 2.97. The molecule has 19 heavy (non-hydrogen) atoms. The average molecular weight is 259 g/mol. The largest absolute Gasteiger partial charge is 0.369 e. The van der Waals surface area contributed by atoms with E-state index in [0.717, 1.165) is 5.56 Å². The fourth-order valence-corrected chi connectivity index (χ4v) is 2.10. The van der Waals surface area contributed by atoms with E-state index in [1.54, 1.807) is 22.8 Å². The van der Waals surface area contributed by atoms with Crippen molar-refractivity contribution in [1.82, 2.24) is 9.55 Å². The number of benzene rings is 2. The third kappa shape index (κ3) is 2.14. The summed E-state index contributed by atoms with van der Waals surface area (Å²) in [5.41, 5.74) is 7.79. The molecule has 3 nitrogen and oxygen atoms in total. The third-order valence-corrected chi connectivity index (χ3v) is 2.97. The average Bonchev–Trinajstić information content (AvgIpc) is 2.66. The van der Waals surface area contributed by atoms with Gasteiger partial charge in [-0.2, -0.15) is 0 Å². The first-order valence-electron chi connectivity index (χ1n) is 5.79. The minimum absolute atomic E-state index is 0.282. The topological polar surface area (TPSA) is 43.8 Å². The highest BCUT2D eigenvalue weighted by atomic mass is 19.1. The molecule has 0 amide bonds. The van der Waals surface area contributed by atoms with Crippen LogP contribution in [-0.2, 0) is 6.54 Å². The molecule has 0 unspecified atom stereocenters. The highest BCUT2D eigenvalue weighted by Crippen LogP contribution is 2.20. The molecule has 0 saturated heterocycles. The van der Waals surface area contributed by atoms with Crippen molar-refractivity contribution in [2.45, 2.75) is 6.54 Å². The minimum Gasteiger partial charge on any atom is -0.369 e. The molecule has 0 aliphatic carbocycles. The van der Waals surface area contributed by atoms with Crippen molar-refractivity contribution >= 4 is 17.0 Å². The molecule has 3 aromatic rings. The molecular formula is C14H11F2N3. The molecule has 5 heteroatoms. The molecular weight excluding hydrogens is 248 g/mol. The van der Waals surface area contributed by atoms with Crippen LogP contribution in [0.15, 0.2) is 42.5 Å². The van der Waals surface area contributed by atoms with Crippen LogP contribution in [0.25, 0.3) is 11.0 Å². The van der Waals surface area contributed by atoms with Gasteiger partial charge in [-0.1, -0.05) is 12.1 Å². The van der Waals surface area contributed by atoms with E-state index in [-0.39, 0.29) is 17.6 Å². The van der Waals surface area contributed by atoms with E-state index in [1.807, 2.05) is 0 Å². The maximum absolute atomic E-state index is 13.3. The Balaban J connectivity index is 2.09. The first-order chi connectivity index (χ1) is 9.13. The van der Waals surface area contributed by atoms with Crippen LogP contribution >= 0.6 is 0 Å². The lowest BCUT2D eigenvalue weighted by atomic mass is 10.2. The summed E-state index contributed by atoms with van der Waals surface area (Å²) >= 11 is 0. The van der Waals surface area contributed by atoms with Crippen LogP contribution in [0.5, 0.6) is 0 Å². The molecule has 0 aliphatic rings. The minimum atomic E-state index is -0.354. The van der Waals surface area contributed by atoms with E-state index in [1.165, 1.54) is 24.3 Å². The van der Waals surface area contributed by atoms with Gasteiger partial charge in [0.1, 0.15) is 11.6 Å². The van der Waals surface area contributed by atoms with Crippen molar-refractivity contribution in [2.75, 3.05) is 5.73 Å². The van der Waals surface area contributed by atoms with Crippen LogP contribution in [0.4, 0.5) is 14.7 Å². The Labute approximate surface area is 108 Å². The molecule has 0 atom stereocenters. The number of halogens is 2. The lowest BCUT2D eigenvalue weighted by Crippen LogP contribution is -2.04. The van der Waals surface area contributed by atoms with Crippen LogP contribution in [0, 0.1) is 11.6 Å². The summed E-state index contributed by atoms with van der Waals surface area (Å²) in [6.07, 6.45) is 0. The lowest BCUT2D eigenvalue weighted by molar-refractivity contribution is 0.623. The predicted molar refractivity (Wildman–Crippen MR) is 69.6 cm³/mol. The van der Waals surface area contributed by atoms with Gasteiger partial charge in [0.15, 0.2) is 0 Å². The maximum atomic E-state index is 13.3. The van der Waals surface area contributed by atoms with Crippen LogP contribution in [0.1, 0.15) is 5.56 Å². The second kappa shape index (κ2) is 4.35. The summed E-state index contributed by atoms with van der Waals surface area (Å²) in [4.78, 5) is 4.15. The second-order valence-corrected chi connectivity index (χ2v) is 4.32. The van der Waals surface area contributed by atoms with E-state index >= 15 is 0 Å². The van der Waals surface area contributed by atoms with E-state index in [0.29, 0.717) is 17.6 Å². The number of anilines is 1. The van der Waals surface area contributed by atoms with Gasteiger partial charge in [-0.25, -0.2) is 13.8 Å². The fraction of sp³-hybridized carbons (Fsp3) is 0.0714. The second-order valence-electron chi connectivity index (χ2n) is 4.32. The summed E-state index contributed by atoms with van der Waals surface area (Å²) in [6.45, 7) is 0.351. The van der Waals surface area contributed by atoms with Crippen LogP contribution < -0.4 is 5.73 Å². The van der Waals surface area contributed by atoms with Crippen LogP contribution in [0.2, 0.25) is 0 Å². The number of nitrogen functional groups attached to an aromatic ring is 1. The highest BCUT2D eigenvalue weighted by molar-refractivity contribution is 5.78. The molecule has 0 saturated carbocycles. The zero-order valence-electron chi connectivity index (χ0n) is 9.98. The number of hydrogen-bond acceptors (Lipinski definition) is 2. The first kappa shape index (κ1) is 11.6. The van der Waals surface area contributed by atoms with Gasteiger partial charge in [0, 0.05) is 0 Å². The van der Waals surface area contributed by atoms with Gasteiger partial charge in [-0.05, 0) is 35.9 Å². The van der Waals surface area contributed by atoms with Crippen molar-refractivity contribution in [3.63, 3.8) is 0 Å². The Morgan fingerprint density at radius 2 is 1.84 bits per heavy atom. The number of fused-ring (bicyclic) bond motifs is 1. The SMILES string of the molecule is Nc1nc2ccc(F)cc2n1Cc1cccc(F)c1. The van der Waals surface area contributed by atoms with Crippen LogP contribution in [-0.4, -0.2) is 9.55 Å². The maximum Gasteiger partial charge on any atom is 0.201 e. The molecule has 0 radical (unpaired) electrons. The highest BCUT2D eigenvalue weighted by Gasteiger charge is 2.09. The molecule has 3 rings (SSSR count). The number of hydrogen-bond donors (Lipinski definition) is 1. The Morgan fingerprint density at radius 1 is 1.05 bits per heavy atom. The molecule has 2 N–H and O–H groups in total. The smallest absolute Gasteiger partial charge is 0.201 e. The normalized spacial score (nSPS) is 11.1. The van der Waals surface area contributed by atoms with Gasteiger partial charge in [0.2, 0.25) is 5.95 Å². The van der Waals surface area contributed by atoms with Crippen molar-refractivity contribution < 1.29 is 8.78 Å². The molecule has 96 valence electrons. The Kier molecular flexibility index (Phi) is 2.67. The molecule has 1 heterocycles. The van der Waals surface area contributed by atoms with E-state index in [9.17, 15) is 8.78 Å². The Hall–Kier alpha value is -2.43. The van der Waals surface area contributed by atoms with Crippen molar-refractivity contribution in [1.29, 1.82) is 0 Å².